The second-order valence-electron chi connectivity index (χ2n) is 36.7. The third kappa shape index (κ3) is 14.6. The van der Waals surface area contributed by atoms with Crippen molar-refractivity contribution >= 4 is 130 Å². The smallest absolute Gasteiger partial charge is 0.0541 e. The van der Waals surface area contributed by atoms with Crippen LogP contribution in [-0.2, 0) is 0 Å². The average molecular weight is 1790 g/mol. The minimum absolute atomic E-state index is 1.16. The molecule has 0 N–H and O–H groups in total. The summed E-state index contributed by atoms with van der Waals surface area (Å²) < 4.78 is 7.15. The van der Waals surface area contributed by atoms with Crippen LogP contribution in [0.2, 0.25) is 0 Å². The normalized spacial score (nSPS) is 11.5. The summed E-state index contributed by atoms with van der Waals surface area (Å²) in [6, 6.07) is 201. The van der Waals surface area contributed by atoms with Gasteiger partial charge in [0.25, 0.3) is 0 Å². The van der Waals surface area contributed by atoms with Crippen molar-refractivity contribution in [3.63, 3.8) is 0 Å². The molecule has 0 aliphatic heterocycles. The summed E-state index contributed by atoms with van der Waals surface area (Å²) in [7, 11) is 0. The van der Waals surface area contributed by atoms with Crippen LogP contribution in [0, 0.1) is 0 Å². The first-order valence-corrected chi connectivity index (χ1v) is 48.7. The molecule has 0 atom stereocenters. The molecule has 28 rings (SSSR count). The summed E-state index contributed by atoms with van der Waals surface area (Å²) >= 11 is 0. The highest BCUT2D eigenvalue weighted by molar-refractivity contribution is 6.26. The molecule has 0 aliphatic carbocycles. The van der Waals surface area contributed by atoms with Gasteiger partial charge in [0.2, 0.25) is 0 Å². The summed E-state index contributed by atoms with van der Waals surface area (Å²) in [6.07, 6.45) is 0. The monoisotopic (exact) mass is 1790 g/mol. The molecule has 3 heteroatoms. The largest absolute Gasteiger partial charge is 0.309 e. The maximum absolute atomic E-state index is 2.38. The first kappa shape index (κ1) is 83.1. The Hall–Kier alpha value is -18.5. The molecule has 3 nitrogen and oxygen atoms in total. The molecular formula is C138H91N3. The lowest BCUT2D eigenvalue weighted by molar-refractivity contribution is 1.18. The van der Waals surface area contributed by atoms with Crippen LogP contribution in [0.15, 0.2) is 552 Å². The Morgan fingerprint density at radius 3 is 0.532 bits per heavy atom. The maximum atomic E-state index is 2.38. The average Bonchev–Trinajstić information content (AvgIpc) is 1.71. The number of hydrogen-bond donors (Lipinski definition) is 0. The van der Waals surface area contributed by atoms with Crippen LogP contribution in [0.25, 0.3) is 258 Å². The fourth-order valence-electron chi connectivity index (χ4n) is 22.5. The van der Waals surface area contributed by atoms with Crippen LogP contribution in [0.4, 0.5) is 0 Å². The van der Waals surface area contributed by atoms with Crippen molar-refractivity contribution in [2.24, 2.45) is 0 Å². The highest BCUT2D eigenvalue weighted by Crippen LogP contribution is 2.51. The van der Waals surface area contributed by atoms with Gasteiger partial charge in [0.05, 0.1) is 33.1 Å². The third-order valence-corrected chi connectivity index (χ3v) is 28.8. The van der Waals surface area contributed by atoms with E-state index in [0.717, 1.165) is 11.4 Å². The number of fused-ring (bicyclic) bond motifs is 15. The fraction of sp³-hybridized carbons (Fsp3) is 0. The van der Waals surface area contributed by atoms with Gasteiger partial charge < -0.3 is 13.7 Å². The van der Waals surface area contributed by atoms with Crippen molar-refractivity contribution in [3.05, 3.63) is 552 Å². The number of para-hydroxylation sites is 6. The van der Waals surface area contributed by atoms with Gasteiger partial charge in [-0.15, -0.1) is 0 Å². The summed E-state index contributed by atoms with van der Waals surface area (Å²) in [5.74, 6) is 0. The van der Waals surface area contributed by atoms with E-state index < -0.39 is 0 Å². The lowest BCUT2D eigenvalue weighted by Gasteiger charge is -2.20. The predicted molar refractivity (Wildman–Crippen MR) is 602 cm³/mol. The van der Waals surface area contributed by atoms with E-state index in [1.54, 1.807) is 0 Å². The van der Waals surface area contributed by atoms with Crippen molar-refractivity contribution < 1.29 is 0 Å². The number of aromatic nitrogens is 3. The highest BCUT2D eigenvalue weighted by Gasteiger charge is 2.25. The molecule has 0 fully saturated rings. The first-order chi connectivity index (χ1) is 70.0. The van der Waals surface area contributed by atoms with Crippen LogP contribution < -0.4 is 0 Å². The van der Waals surface area contributed by atoms with Gasteiger partial charge in [0.1, 0.15) is 0 Å². The lowest BCUT2D eigenvalue weighted by Crippen LogP contribution is -1.95. The molecule has 0 saturated heterocycles. The molecule has 658 valence electrons. The summed E-state index contributed by atoms with van der Waals surface area (Å²) in [4.78, 5) is 0. The van der Waals surface area contributed by atoms with Crippen molar-refractivity contribution in [1.29, 1.82) is 0 Å². The van der Waals surface area contributed by atoms with Crippen LogP contribution in [0.5, 0.6) is 0 Å². The van der Waals surface area contributed by atoms with E-state index in [1.807, 2.05) is 0 Å². The van der Waals surface area contributed by atoms with E-state index >= 15 is 0 Å². The van der Waals surface area contributed by atoms with E-state index in [-0.39, 0.29) is 0 Å². The van der Waals surface area contributed by atoms with Crippen molar-refractivity contribution in [1.82, 2.24) is 13.7 Å². The molecule has 3 aromatic heterocycles. The zero-order valence-electron chi connectivity index (χ0n) is 77.4. The Morgan fingerprint density at radius 2 is 0.262 bits per heavy atom. The highest BCUT2D eigenvalue weighted by atomic mass is 15.0. The summed E-state index contributed by atoms with van der Waals surface area (Å²) in [5.41, 5.74) is 35.7. The molecule has 0 aliphatic rings. The van der Waals surface area contributed by atoms with Crippen LogP contribution in [0.3, 0.4) is 0 Å². The minimum atomic E-state index is 1.16. The first-order valence-electron chi connectivity index (χ1n) is 48.7. The molecule has 28 aromatic rings. The standard InChI is InChI=1S/C50H33N.2C44H29N/c1-2-12-34(13-3-1)35-22-24-36(25-23-35)37-26-28-38(29-27-37)49-43-16-4-6-18-45(43)50(46-19-7-5-17-44(46)49)39-30-32-40(33-31-39)51-47-20-10-8-14-41(47)42-15-9-11-21-48(42)51;1-2-13-30(14-3-1)32-15-12-16-33(29-32)44-39-21-6-4-19-37(39)43(38-20-5-7-22-40(38)44)31-25-27-34(28-26-31)45-41-23-10-8-17-35(41)36-18-9-11-24-42(36)45;1-2-14-30(15-3-1)33-16-4-5-19-36(33)44-39-22-8-6-20-37(39)43(38-21-7-9-23-40(38)44)31-26-28-32(29-27-31)45-41-24-12-10-17-34(41)35-18-11-13-25-42(35)45/h1-33H;2*1-29H. The second-order valence-corrected chi connectivity index (χ2v) is 36.7. The Bertz CT molecular complexity index is 9340. The quantitative estimate of drug-likeness (QED) is 0.102. The Labute approximate surface area is 818 Å². The predicted octanol–water partition coefficient (Wildman–Crippen LogP) is 37.9. The Kier molecular flexibility index (Phi) is 21.0. The van der Waals surface area contributed by atoms with Crippen LogP contribution in [-0.4, -0.2) is 13.7 Å². The number of hydrogen-bond acceptors (Lipinski definition) is 0. The van der Waals surface area contributed by atoms with E-state index in [4.69, 9.17) is 0 Å². The third-order valence-electron chi connectivity index (χ3n) is 28.8. The molecule has 141 heavy (non-hydrogen) atoms. The molecule has 0 radical (unpaired) electrons. The topological polar surface area (TPSA) is 14.8 Å². The van der Waals surface area contributed by atoms with Crippen molar-refractivity contribution in [2.45, 2.75) is 0 Å². The summed E-state index contributed by atoms with van der Waals surface area (Å²) in [6.45, 7) is 0. The van der Waals surface area contributed by atoms with Gasteiger partial charge in [0.15, 0.2) is 0 Å². The number of nitrogens with zero attached hydrogens (tertiary/aromatic N) is 3. The number of rotatable bonds is 13. The van der Waals surface area contributed by atoms with Gasteiger partial charge in [-0.1, -0.05) is 473 Å². The molecule has 0 saturated carbocycles. The lowest BCUT2D eigenvalue weighted by atomic mass is 9.84. The molecule has 25 aromatic carbocycles. The zero-order chi connectivity index (χ0) is 93.2. The second kappa shape index (κ2) is 35.6. The molecule has 0 bridgehead atoms. The van der Waals surface area contributed by atoms with Gasteiger partial charge in [0, 0.05) is 49.4 Å². The zero-order valence-corrected chi connectivity index (χ0v) is 77.4. The maximum Gasteiger partial charge on any atom is 0.0541 e. The van der Waals surface area contributed by atoms with Crippen molar-refractivity contribution in [3.8, 4) is 128 Å². The van der Waals surface area contributed by atoms with Crippen LogP contribution in [0.1, 0.15) is 0 Å². The molecule has 0 unspecified atom stereocenters. The number of benzene rings is 25. The van der Waals surface area contributed by atoms with Gasteiger partial charge in [-0.25, -0.2) is 0 Å². The fourth-order valence-corrected chi connectivity index (χ4v) is 22.5. The molecule has 0 spiro atoms. The molecule has 3 heterocycles. The van der Waals surface area contributed by atoms with Gasteiger partial charge >= 0.3 is 0 Å². The van der Waals surface area contributed by atoms with Gasteiger partial charge in [-0.2, -0.15) is 0 Å². The van der Waals surface area contributed by atoms with Gasteiger partial charge in [-0.05, 0) is 255 Å². The summed E-state index contributed by atoms with van der Waals surface area (Å²) in [5, 5.41) is 22.8. The van der Waals surface area contributed by atoms with Crippen molar-refractivity contribution in [2.75, 3.05) is 0 Å². The Morgan fingerprint density at radius 1 is 0.0922 bits per heavy atom. The van der Waals surface area contributed by atoms with E-state index in [9.17, 15) is 0 Å². The van der Waals surface area contributed by atoms with Crippen LogP contribution >= 0.6 is 0 Å². The molecular weight excluding hydrogens is 1700 g/mol. The molecule has 0 amide bonds. The van der Waals surface area contributed by atoms with Gasteiger partial charge in [-0.3, -0.25) is 0 Å². The Balaban J connectivity index is 0.000000109. The van der Waals surface area contributed by atoms with E-state index in [2.05, 4.69) is 566 Å². The van der Waals surface area contributed by atoms with E-state index in [0.29, 0.717) is 0 Å². The minimum Gasteiger partial charge on any atom is -0.309 e. The SMILES string of the molecule is c1ccc(-c2ccc(-c3ccc(-c4c5ccccc5c(-c5ccc(-n6c7ccccc7c7ccccc76)cc5)c5ccccc45)cc3)cc2)cc1.c1ccc(-c2cccc(-c3c4ccccc4c(-c4ccc(-n5c6ccccc6c6ccccc65)cc4)c4ccccc34)c2)cc1.c1ccc(-c2ccccc2-c2c3ccccc3c(-c3ccc(-n4c5ccccc5c5ccccc54)cc3)c3ccccc23)cc1. The van der Waals surface area contributed by atoms with E-state index in [1.165, 1.54) is 247 Å².